The Morgan fingerprint density at radius 3 is 2.46 bits per heavy atom. The zero-order valence-corrected chi connectivity index (χ0v) is 25.4. The molecule has 1 aliphatic carbocycles. The largest absolute Gasteiger partial charge is 0.444 e. The van der Waals surface area contributed by atoms with Gasteiger partial charge in [0.05, 0.1) is 39.1 Å². The molecule has 1 saturated carbocycles. The molecule has 220 valence electrons. The van der Waals surface area contributed by atoms with Gasteiger partial charge in [0.15, 0.2) is 0 Å². The smallest absolute Gasteiger partial charge is 0.414 e. The van der Waals surface area contributed by atoms with Crippen LogP contribution in [0.1, 0.15) is 59.9 Å². The SMILES string of the molecule is CN(CCC1C[C@H]1NC(=O)OC(C)(C)C)c1c(Cl)cnc2[nH]c3c(N(C)C(=O)OC(C)(C)C)cc(F)c(C#N)c3c12. The Labute approximate surface area is 243 Å². The van der Waals surface area contributed by atoms with Gasteiger partial charge in [-0.15, -0.1) is 0 Å². The number of nitrogens with zero attached hydrogens (tertiary/aromatic N) is 4. The summed E-state index contributed by atoms with van der Waals surface area (Å²) in [5.41, 5.74) is 0.0126. The molecule has 0 saturated heterocycles. The van der Waals surface area contributed by atoms with Crippen molar-refractivity contribution in [2.75, 3.05) is 30.4 Å². The lowest BCUT2D eigenvalue weighted by Gasteiger charge is -2.25. The number of benzene rings is 1. The molecule has 1 aliphatic rings. The van der Waals surface area contributed by atoms with E-state index in [1.165, 1.54) is 18.1 Å². The molecule has 10 nitrogen and oxygen atoms in total. The van der Waals surface area contributed by atoms with Crippen LogP contribution in [0.3, 0.4) is 0 Å². The van der Waals surface area contributed by atoms with E-state index in [1.54, 1.807) is 20.8 Å². The van der Waals surface area contributed by atoms with E-state index in [0.29, 0.717) is 33.8 Å². The third-order valence-corrected chi connectivity index (χ3v) is 7.02. The van der Waals surface area contributed by atoms with Crippen LogP contribution >= 0.6 is 11.6 Å². The van der Waals surface area contributed by atoms with E-state index in [0.717, 1.165) is 18.9 Å². The van der Waals surface area contributed by atoms with Crippen molar-refractivity contribution in [3.63, 3.8) is 0 Å². The number of rotatable bonds is 6. The van der Waals surface area contributed by atoms with E-state index in [9.17, 15) is 14.9 Å². The molecule has 2 aromatic heterocycles. The lowest BCUT2D eigenvalue weighted by atomic mass is 10.0. The minimum Gasteiger partial charge on any atom is -0.444 e. The number of amides is 2. The van der Waals surface area contributed by atoms with Crippen molar-refractivity contribution in [3.05, 3.63) is 28.7 Å². The van der Waals surface area contributed by atoms with Crippen LogP contribution < -0.4 is 15.1 Å². The van der Waals surface area contributed by atoms with Crippen molar-refractivity contribution in [3.8, 4) is 6.07 Å². The summed E-state index contributed by atoms with van der Waals surface area (Å²) in [5, 5.41) is 13.9. The van der Waals surface area contributed by atoms with E-state index in [-0.39, 0.29) is 28.6 Å². The first-order chi connectivity index (χ1) is 19.0. The number of alkyl carbamates (subject to hydrolysis) is 1. The fourth-order valence-corrected chi connectivity index (χ4v) is 5.08. The lowest BCUT2D eigenvalue weighted by molar-refractivity contribution is 0.0519. The van der Waals surface area contributed by atoms with Crippen LogP contribution in [0.2, 0.25) is 5.02 Å². The Hall–Kier alpha value is -3.78. The fraction of sp³-hybridized carbons (Fsp3) is 0.517. The zero-order chi connectivity index (χ0) is 30.4. The normalized spacial score (nSPS) is 16.8. The van der Waals surface area contributed by atoms with E-state index in [2.05, 4.69) is 15.3 Å². The number of fused-ring (bicyclic) bond motifs is 3. The van der Waals surface area contributed by atoms with Gasteiger partial charge in [-0.3, -0.25) is 4.90 Å². The van der Waals surface area contributed by atoms with E-state index >= 15 is 4.39 Å². The van der Waals surface area contributed by atoms with Gasteiger partial charge < -0.3 is 24.7 Å². The first-order valence-electron chi connectivity index (χ1n) is 13.4. The fourth-order valence-electron chi connectivity index (χ4n) is 4.79. The number of nitriles is 1. The maximum atomic E-state index is 15.4. The van der Waals surface area contributed by atoms with Crippen LogP contribution in [0, 0.1) is 23.1 Å². The number of hydrogen-bond acceptors (Lipinski definition) is 7. The number of aromatic amines is 1. The Bertz CT molecular complexity index is 1550. The first kappa shape index (κ1) is 30.2. The summed E-state index contributed by atoms with van der Waals surface area (Å²) in [6.07, 6.45) is 1.97. The van der Waals surface area contributed by atoms with Crippen molar-refractivity contribution < 1.29 is 23.5 Å². The maximum absolute atomic E-state index is 15.4. The number of ether oxygens (including phenoxy) is 2. The molecule has 3 aromatic rings. The third kappa shape index (κ3) is 6.59. The summed E-state index contributed by atoms with van der Waals surface area (Å²) >= 11 is 6.65. The van der Waals surface area contributed by atoms with Gasteiger partial charge in [-0.1, -0.05) is 11.6 Å². The van der Waals surface area contributed by atoms with Gasteiger partial charge in [0.1, 0.15) is 28.7 Å². The molecule has 2 atom stereocenters. The van der Waals surface area contributed by atoms with Crippen LogP contribution in [-0.4, -0.2) is 60.0 Å². The molecule has 1 aromatic carbocycles. The number of pyridine rings is 1. The molecule has 41 heavy (non-hydrogen) atoms. The molecule has 2 amide bonds. The van der Waals surface area contributed by atoms with Crippen molar-refractivity contribution in [2.24, 2.45) is 5.92 Å². The van der Waals surface area contributed by atoms with Crippen LogP contribution in [-0.2, 0) is 9.47 Å². The number of nitrogens with one attached hydrogen (secondary N) is 2. The predicted octanol–water partition coefficient (Wildman–Crippen LogP) is 6.49. The number of carbonyl (C=O) groups excluding carboxylic acids is 2. The second-order valence-electron chi connectivity index (χ2n) is 12.4. The molecule has 2 N–H and O–H groups in total. The van der Waals surface area contributed by atoms with Crippen molar-refractivity contribution in [2.45, 2.75) is 71.6 Å². The Balaban J connectivity index is 1.67. The van der Waals surface area contributed by atoms with Gasteiger partial charge in [0.25, 0.3) is 0 Å². The maximum Gasteiger partial charge on any atom is 0.414 e. The average molecular weight is 587 g/mol. The summed E-state index contributed by atoms with van der Waals surface area (Å²) in [6, 6.07) is 3.13. The van der Waals surface area contributed by atoms with E-state index in [4.69, 9.17) is 21.1 Å². The van der Waals surface area contributed by atoms with Gasteiger partial charge in [-0.25, -0.2) is 19.0 Å². The molecule has 0 spiro atoms. The molecule has 0 bridgehead atoms. The van der Waals surface area contributed by atoms with Crippen LogP contribution in [0.5, 0.6) is 0 Å². The number of anilines is 2. The molecule has 1 fully saturated rings. The molecule has 2 heterocycles. The van der Waals surface area contributed by atoms with Gasteiger partial charge in [0.2, 0.25) is 0 Å². The number of aromatic nitrogens is 2. The van der Waals surface area contributed by atoms with Gasteiger partial charge in [-0.05, 0) is 60.3 Å². The minimum absolute atomic E-state index is 0.0320. The highest BCUT2D eigenvalue weighted by atomic mass is 35.5. The first-order valence-corrected chi connectivity index (χ1v) is 13.8. The molecule has 0 radical (unpaired) electrons. The van der Waals surface area contributed by atoms with Crippen molar-refractivity contribution >= 4 is 57.1 Å². The highest BCUT2D eigenvalue weighted by Crippen LogP contribution is 2.43. The monoisotopic (exact) mass is 586 g/mol. The van der Waals surface area contributed by atoms with Crippen LogP contribution in [0.25, 0.3) is 21.9 Å². The summed E-state index contributed by atoms with van der Waals surface area (Å²) in [7, 11) is 3.34. The van der Waals surface area contributed by atoms with Gasteiger partial charge in [0, 0.05) is 38.1 Å². The third-order valence-electron chi connectivity index (χ3n) is 6.74. The Kier molecular flexibility index (Phi) is 8.02. The summed E-state index contributed by atoms with van der Waals surface area (Å²) < 4.78 is 26.2. The highest BCUT2D eigenvalue weighted by molar-refractivity contribution is 6.36. The molecule has 1 unspecified atom stereocenters. The molecule has 4 rings (SSSR count). The molecule has 0 aliphatic heterocycles. The standard InChI is InChI=1S/C29H36ClFN6O4/c1-28(2,3)40-26(38)34-19-11-15(19)9-10-36(7)24-17(30)14-33-25-22(24)21-16(13-32)18(31)12-20(23(21)35-25)37(8)27(39)41-29(4,5)6/h12,14-15,19H,9-11H2,1-8H3,(H,33,35)(H,34,38)/t15?,19-/m1/s1. The van der Waals surface area contributed by atoms with Crippen molar-refractivity contribution in [1.29, 1.82) is 5.26 Å². The average Bonchev–Trinajstić information content (AvgIpc) is 3.46. The number of hydrogen-bond donors (Lipinski definition) is 2. The number of H-pyrrole nitrogens is 1. The quantitative estimate of drug-likeness (QED) is 0.338. The predicted molar refractivity (Wildman–Crippen MR) is 157 cm³/mol. The zero-order valence-electron chi connectivity index (χ0n) is 24.6. The second kappa shape index (κ2) is 10.9. The van der Waals surface area contributed by atoms with Crippen LogP contribution in [0.4, 0.5) is 25.4 Å². The van der Waals surface area contributed by atoms with Crippen LogP contribution in [0.15, 0.2) is 12.3 Å². The Morgan fingerprint density at radius 1 is 1.20 bits per heavy atom. The lowest BCUT2D eigenvalue weighted by Crippen LogP contribution is -2.34. The topological polar surface area (TPSA) is 124 Å². The van der Waals surface area contributed by atoms with Crippen molar-refractivity contribution in [1.82, 2.24) is 15.3 Å². The minimum atomic E-state index is -0.783. The van der Waals surface area contributed by atoms with E-state index in [1.807, 2.05) is 38.8 Å². The summed E-state index contributed by atoms with van der Waals surface area (Å²) in [6.45, 7) is 11.2. The van der Waals surface area contributed by atoms with Gasteiger partial charge in [-0.2, -0.15) is 5.26 Å². The molecule has 12 heteroatoms. The molecular formula is C29H36ClFN6O4. The number of halogens is 2. The number of carbonyl (C=O) groups is 2. The summed E-state index contributed by atoms with van der Waals surface area (Å²) in [4.78, 5) is 35.7. The van der Waals surface area contributed by atoms with Gasteiger partial charge >= 0.3 is 12.2 Å². The Morgan fingerprint density at radius 2 is 1.85 bits per heavy atom. The molecular weight excluding hydrogens is 551 g/mol. The summed E-state index contributed by atoms with van der Waals surface area (Å²) in [5.74, 6) is -0.515. The second-order valence-corrected chi connectivity index (χ2v) is 12.8. The highest BCUT2D eigenvalue weighted by Gasteiger charge is 2.39. The van der Waals surface area contributed by atoms with E-state index < -0.39 is 29.2 Å².